The third-order valence-electron chi connectivity index (χ3n) is 3.32. The summed E-state index contributed by atoms with van der Waals surface area (Å²) in [6, 6.07) is 3.35. The fraction of sp³-hybridized carbons (Fsp3) is 0.400. The topological polar surface area (TPSA) is 81.2 Å². The molecule has 24 heavy (non-hydrogen) atoms. The van der Waals surface area contributed by atoms with Crippen molar-refractivity contribution in [3.63, 3.8) is 0 Å². The van der Waals surface area contributed by atoms with Crippen LogP contribution in [0.25, 0.3) is 0 Å². The second kappa shape index (κ2) is 8.29. The molecule has 0 bridgehead atoms. The first-order valence-corrected chi connectivity index (χ1v) is 8.56. The molecule has 9 heteroatoms. The van der Waals surface area contributed by atoms with Gasteiger partial charge in [0.2, 0.25) is 0 Å². The summed E-state index contributed by atoms with van der Waals surface area (Å²) in [6.45, 7) is 2.85. The van der Waals surface area contributed by atoms with Crippen LogP contribution < -0.4 is 14.8 Å². The van der Waals surface area contributed by atoms with E-state index in [1.165, 1.54) is 7.11 Å². The van der Waals surface area contributed by atoms with Crippen molar-refractivity contribution in [2.75, 3.05) is 13.7 Å². The SMILES string of the molecule is CCCOc1c(Br)cc(C(=O)NCc2n[nH]c(=S)n2C)cc1OC. The number of hydrogen-bond donors (Lipinski definition) is 2. The van der Waals surface area contributed by atoms with Gasteiger partial charge in [0, 0.05) is 12.6 Å². The van der Waals surface area contributed by atoms with Gasteiger partial charge in [0.15, 0.2) is 22.1 Å². The largest absolute Gasteiger partial charge is 0.493 e. The van der Waals surface area contributed by atoms with Gasteiger partial charge in [0.05, 0.1) is 24.7 Å². The van der Waals surface area contributed by atoms with Crippen LogP contribution in [0.3, 0.4) is 0 Å². The van der Waals surface area contributed by atoms with E-state index in [0.717, 1.165) is 6.42 Å². The van der Waals surface area contributed by atoms with Crippen molar-refractivity contribution in [3.8, 4) is 11.5 Å². The number of H-pyrrole nitrogens is 1. The van der Waals surface area contributed by atoms with Crippen molar-refractivity contribution < 1.29 is 14.3 Å². The number of amides is 1. The van der Waals surface area contributed by atoms with Crippen molar-refractivity contribution in [2.24, 2.45) is 7.05 Å². The lowest BCUT2D eigenvalue weighted by atomic mass is 10.2. The summed E-state index contributed by atoms with van der Waals surface area (Å²) in [7, 11) is 3.32. The van der Waals surface area contributed by atoms with Crippen molar-refractivity contribution in [3.05, 3.63) is 32.8 Å². The van der Waals surface area contributed by atoms with Gasteiger partial charge in [-0.2, -0.15) is 5.10 Å². The molecule has 0 saturated heterocycles. The minimum absolute atomic E-state index is 0.245. The van der Waals surface area contributed by atoms with Gasteiger partial charge in [-0.15, -0.1) is 0 Å². The van der Waals surface area contributed by atoms with E-state index in [9.17, 15) is 4.79 Å². The molecule has 0 spiro atoms. The molecule has 1 aromatic carbocycles. The minimum Gasteiger partial charge on any atom is -0.493 e. The van der Waals surface area contributed by atoms with Gasteiger partial charge in [0.1, 0.15) is 0 Å². The van der Waals surface area contributed by atoms with Crippen molar-refractivity contribution in [1.29, 1.82) is 0 Å². The predicted octanol–water partition coefficient (Wildman–Crippen LogP) is 2.97. The summed E-state index contributed by atoms with van der Waals surface area (Å²) >= 11 is 8.47. The third-order valence-corrected chi connectivity index (χ3v) is 4.28. The first kappa shape index (κ1) is 18.5. The monoisotopic (exact) mass is 414 g/mol. The lowest BCUT2D eigenvalue weighted by Crippen LogP contribution is -2.24. The molecular weight excluding hydrogens is 396 g/mol. The summed E-state index contributed by atoms with van der Waals surface area (Å²) in [6.07, 6.45) is 0.878. The van der Waals surface area contributed by atoms with E-state index in [1.807, 2.05) is 6.92 Å². The summed E-state index contributed by atoms with van der Waals surface area (Å²) in [5, 5.41) is 9.54. The Morgan fingerprint density at radius 3 is 2.83 bits per heavy atom. The molecule has 0 saturated carbocycles. The van der Waals surface area contributed by atoms with Crippen LogP contribution in [-0.4, -0.2) is 34.4 Å². The molecule has 0 aliphatic carbocycles. The fourth-order valence-corrected chi connectivity index (χ4v) is 2.70. The normalized spacial score (nSPS) is 10.5. The van der Waals surface area contributed by atoms with E-state index < -0.39 is 0 Å². The van der Waals surface area contributed by atoms with Crippen molar-refractivity contribution >= 4 is 34.1 Å². The van der Waals surface area contributed by atoms with Crippen LogP contribution in [0.15, 0.2) is 16.6 Å². The van der Waals surface area contributed by atoms with Gasteiger partial charge < -0.3 is 19.4 Å². The first-order valence-electron chi connectivity index (χ1n) is 7.36. The van der Waals surface area contributed by atoms with Gasteiger partial charge >= 0.3 is 0 Å². The van der Waals surface area contributed by atoms with Crippen LogP contribution in [0, 0.1) is 4.77 Å². The predicted molar refractivity (Wildman–Crippen MR) is 96.0 cm³/mol. The highest BCUT2D eigenvalue weighted by Gasteiger charge is 2.16. The van der Waals surface area contributed by atoms with E-state index in [-0.39, 0.29) is 12.5 Å². The molecule has 7 nitrogen and oxygen atoms in total. The Morgan fingerprint density at radius 2 is 2.25 bits per heavy atom. The van der Waals surface area contributed by atoms with Crippen molar-refractivity contribution in [1.82, 2.24) is 20.1 Å². The maximum atomic E-state index is 12.4. The number of nitrogens with zero attached hydrogens (tertiary/aromatic N) is 2. The molecule has 0 fully saturated rings. The Morgan fingerprint density at radius 1 is 1.50 bits per heavy atom. The maximum absolute atomic E-state index is 12.4. The molecule has 1 amide bonds. The number of ether oxygens (including phenoxy) is 2. The molecule has 1 heterocycles. The second-order valence-electron chi connectivity index (χ2n) is 5.02. The Hall–Kier alpha value is -1.87. The molecule has 0 aliphatic rings. The van der Waals surface area contributed by atoms with Crippen LogP contribution in [-0.2, 0) is 13.6 Å². The standard InChI is InChI=1S/C15H19BrN4O3S/c1-4-5-23-13-10(16)6-9(7-11(13)22-3)14(21)17-8-12-18-19-15(24)20(12)2/h6-7H,4-5,8H2,1-3H3,(H,17,21)(H,19,24). The minimum atomic E-state index is -0.245. The number of rotatable bonds is 7. The zero-order chi connectivity index (χ0) is 17.7. The van der Waals surface area contributed by atoms with E-state index in [4.69, 9.17) is 21.7 Å². The molecule has 0 unspecified atom stereocenters. The van der Waals surface area contributed by atoms with Crippen LogP contribution >= 0.6 is 28.1 Å². The number of hydrogen-bond acceptors (Lipinski definition) is 5. The quantitative estimate of drug-likeness (QED) is 0.680. The molecule has 2 N–H and O–H groups in total. The van der Waals surface area contributed by atoms with Gasteiger partial charge in [-0.25, -0.2) is 0 Å². The zero-order valence-corrected chi connectivity index (χ0v) is 16.1. The number of aromatic amines is 1. The fourth-order valence-electron chi connectivity index (χ4n) is 1.99. The highest BCUT2D eigenvalue weighted by molar-refractivity contribution is 9.10. The van der Waals surface area contributed by atoms with E-state index in [0.29, 0.717) is 38.7 Å². The Labute approximate surface area is 153 Å². The third kappa shape index (κ3) is 4.15. The molecule has 0 atom stereocenters. The maximum Gasteiger partial charge on any atom is 0.251 e. The van der Waals surface area contributed by atoms with Gasteiger partial charge in [0.25, 0.3) is 5.91 Å². The summed E-state index contributed by atoms with van der Waals surface area (Å²) in [4.78, 5) is 12.4. The van der Waals surface area contributed by atoms with Gasteiger partial charge in [-0.1, -0.05) is 6.92 Å². The van der Waals surface area contributed by atoms with Crippen LogP contribution in [0.5, 0.6) is 11.5 Å². The van der Waals surface area contributed by atoms with E-state index >= 15 is 0 Å². The van der Waals surface area contributed by atoms with Crippen LogP contribution in [0.1, 0.15) is 29.5 Å². The van der Waals surface area contributed by atoms with Crippen LogP contribution in [0.2, 0.25) is 0 Å². The van der Waals surface area contributed by atoms with E-state index in [1.54, 1.807) is 23.7 Å². The number of aromatic nitrogens is 3. The average Bonchev–Trinajstić information content (AvgIpc) is 2.89. The lowest BCUT2D eigenvalue weighted by Gasteiger charge is -2.14. The molecule has 0 radical (unpaired) electrons. The molecular formula is C15H19BrN4O3S. The zero-order valence-electron chi connectivity index (χ0n) is 13.7. The van der Waals surface area contributed by atoms with Gasteiger partial charge in [-0.05, 0) is 46.7 Å². The second-order valence-corrected chi connectivity index (χ2v) is 6.27. The number of carbonyl (C=O) groups excluding carboxylic acids is 1. The lowest BCUT2D eigenvalue weighted by molar-refractivity contribution is 0.0949. The molecule has 0 aliphatic heterocycles. The number of nitrogens with one attached hydrogen (secondary N) is 2. The Balaban J connectivity index is 2.15. The van der Waals surface area contributed by atoms with Gasteiger partial charge in [-0.3, -0.25) is 9.89 Å². The number of benzene rings is 1. The number of halogens is 1. The smallest absolute Gasteiger partial charge is 0.251 e. The molecule has 1 aromatic heterocycles. The summed E-state index contributed by atoms with van der Waals surface area (Å²) in [5.74, 6) is 1.48. The highest BCUT2D eigenvalue weighted by atomic mass is 79.9. The van der Waals surface area contributed by atoms with E-state index in [2.05, 4.69) is 31.4 Å². The summed E-state index contributed by atoms with van der Waals surface area (Å²) in [5.41, 5.74) is 0.458. The molecule has 2 aromatic rings. The highest BCUT2D eigenvalue weighted by Crippen LogP contribution is 2.36. The Kier molecular flexibility index (Phi) is 6.38. The number of methoxy groups -OCH3 is 1. The molecule has 130 valence electrons. The van der Waals surface area contributed by atoms with Crippen molar-refractivity contribution in [2.45, 2.75) is 19.9 Å². The summed E-state index contributed by atoms with van der Waals surface area (Å²) < 4.78 is 13.9. The first-order chi connectivity index (χ1) is 11.5. The average molecular weight is 415 g/mol. The molecule has 2 rings (SSSR count). The number of carbonyl (C=O) groups is 1. The van der Waals surface area contributed by atoms with Crippen LogP contribution in [0.4, 0.5) is 0 Å². The Bertz CT molecular complexity index is 788.